The van der Waals surface area contributed by atoms with Crippen LogP contribution in [0, 0.1) is 0 Å². The molecule has 0 saturated carbocycles. The molecule has 0 aliphatic rings. The number of phenolic OH excluding ortho intramolecular Hbond substituents is 2. The van der Waals surface area contributed by atoms with Gasteiger partial charge in [-0.25, -0.2) is 9.97 Å². The summed E-state index contributed by atoms with van der Waals surface area (Å²) in [6.45, 7) is 0. The molecule has 6 heteroatoms. The van der Waals surface area contributed by atoms with Gasteiger partial charge in [-0.1, -0.05) is 121 Å². The van der Waals surface area contributed by atoms with Crippen LogP contribution in [0.3, 0.4) is 0 Å². The second-order valence-electron chi connectivity index (χ2n) is 14.3. The summed E-state index contributed by atoms with van der Waals surface area (Å²) in [6, 6.07) is 59.3. The molecule has 57 heavy (non-hydrogen) atoms. The van der Waals surface area contributed by atoms with E-state index in [-0.39, 0.29) is 11.5 Å². The molecule has 0 amide bonds. The van der Waals surface area contributed by atoms with E-state index >= 15 is 0 Å². The Morgan fingerprint density at radius 1 is 0.456 bits per heavy atom. The Bertz CT molecular complexity index is 3370. The summed E-state index contributed by atoms with van der Waals surface area (Å²) in [5.74, 6) is 1.15. The minimum atomic E-state index is 0.136. The van der Waals surface area contributed by atoms with Gasteiger partial charge in [-0.2, -0.15) is 0 Å². The summed E-state index contributed by atoms with van der Waals surface area (Å²) >= 11 is 0. The molecule has 0 atom stereocenters. The lowest BCUT2D eigenvalue weighted by Gasteiger charge is -2.19. The molecule has 11 aromatic rings. The first kappa shape index (κ1) is 32.6. The number of pyridine rings is 2. The van der Waals surface area contributed by atoms with Gasteiger partial charge in [-0.3, -0.25) is 9.55 Å². The molecule has 8 aromatic carbocycles. The molecule has 3 heterocycles. The van der Waals surface area contributed by atoms with Crippen molar-refractivity contribution >= 4 is 54.4 Å². The van der Waals surface area contributed by atoms with Crippen LogP contribution in [0.2, 0.25) is 0 Å². The lowest BCUT2D eigenvalue weighted by atomic mass is 9.85. The quantitative estimate of drug-likeness (QED) is 0.172. The number of phenols is 2. The summed E-state index contributed by atoms with van der Waals surface area (Å²) in [7, 11) is 0. The average Bonchev–Trinajstić information content (AvgIpc) is 3.66. The van der Waals surface area contributed by atoms with E-state index in [1.54, 1.807) is 12.3 Å². The van der Waals surface area contributed by atoms with E-state index in [1.807, 2.05) is 91.0 Å². The van der Waals surface area contributed by atoms with Gasteiger partial charge >= 0.3 is 0 Å². The highest BCUT2D eigenvalue weighted by Gasteiger charge is 2.22. The van der Waals surface area contributed by atoms with Gasteiger partial charge in [-0.15, -0.1) is 0 Å². The third-order valence-electron chi connectivity index (χ3n) is 11.0. The molecule has 0 fully saturated rings. The van der Waals surface area contributed by atoms with Crippen molar-refractivity contribution < 1.29 is 10.2 Å². The van der Waals surface area contributed by atoms with Crippen LogP contribution in [-0.4, -0.2) is 29.7 Å². The smallest absolute Gasteiger partial charge is 0.149 e. The third-order valence-corrected chi connectivity index (χ3v) is 11.0. The van der Waals surface area contributed by atoms with Gasteiger partial charge in [-0.05, 0) is 87.3 Å². The Morgan fingerprint density at radius 3 is 2.00 bits per heavy atom. The minimum absolute atomic E-state index is 0.136. The maximum absolute atomic E-state index is 11.9. The van der Waals surface area contributed by atoms with Crippen molar-refractivity contribution in [2.24, 2.45) is 0 Å². The van der Waals surface area contributed by atoms with E-state index in [0.29, 0.717) is 16.6 Å². The van der Waals surface area contributed by atoms with Crippen LogP contribution in [0.15, 0.2) is 182 Å². The third kappa shape index (κ3) is 5.23. The number of imidazole rings is 1. The number of rotatable bonds is 5. The maximum Gasteiger partial charge on any atom is 0.149 e. The Morgan fingerprint density at radius 2 is 1.14 bits per heavy atom. The fourth-order valence-corrected chi connectivity index (χ4v) is 8.40. The number of fused-ring (bicyclic) bond motifs is 5. The molecule has 0 bridgehead atoms. The molecule has 0 radical (unpaired) electrons. The minimum Gasteiger partial charge on any atom is -0.506 e. The Kier molecular flexibility index (Phi) is 7.37. The first-order chi connectivity index (χ1) is 28.1. The zero-order chi connectivity index (χ0) is 38.0. The summed E-state index contributed by atoms with van der Waals surface area (Å²) in [5, 5.41) is 28.4. The van der Waals surface area contributed by atoms with Gasteiger partial charge in [0.1, 0.15) is 28.4 Å². The molecule has 3 aromatic heterocycles. The molecule has 0 aliphatic carbocycles. The highest BCUT2D eigenvalue weighted by Crippen LogP contribution is 2.48. The van der Waals surface area contributed by atoms with Crippen LogP contribution in [0.5, 0.6) is 11.5 Å². The maximum atomic E-state index is 11.9. The van der Waals surface area contributed by atoms with Crippen molar-refractivity contribution in [3.63, 3.8) is 0 Å². The standard InChI is InChI=1S/C51H32N4O2/c56-45-18-8-10-32-25-28-43(53-48(32)45)47-38-15-5-4-14-37(38)46(40-27-23-33-11-9-29-52-49(33)50(40)57)41-30-35(24-26-39(41)47)31-19-21-34(22-20-31)51-54-42-16-6-7-17-44(42)55(51)36-12-2-1-3-13-36/h1-30,56-57H. The molecule has 11 rings (SSSR count). The van der Waals surface area contributed by atoms with Gasteiger partial charge in [0.25, 0.3) is 0 Å². The van der Waals surface area contributed by atoms with Crippen molar-refractivity contribution in [2.45, 2.75) is 0 Å². The number of nitrogens with zero attached hydrogens (tertiary/aromatic N) is 4. The van der Waals surface area contributed by atoms with Crippen molar-refractivity contribution in [1.82, 2.24) is 19.5 Å². The number of benzene rings is 8. The van der Waals surface area contributed by atoms with Crippen molar-refractivity contribution in [3.8, 4) is 62.1 Å². The number of aromatic hydroxyl groups is 2. The van der Waals surface area contributed by atoms with E-state index < -0.39 is 0 Å². The number of aromatic nitrogens is 4. The van der Waals surface area contributed by atoms with Crippen LogP contribution in [0.4, 0.5) is 0 Å². The van der Waals surface area contributed by atoms with Crippen molar-refractivity contribution in [3.05, 3.63) is 182 Å². The first-order valence-corrected chi connectivity index (χ1v) is 18.9. The Hall–Kier alpha value is -7.83. The molecule has 2 N–H and O–H groups in total. The summed E-state index contributed by atoms with van der Waals surface area (Å²) in [5.41, 5.74) is 10.5. The SMILES string of the molecule is Oc1cccc2ccc(-c3c4ccccc4c(-c4ccc5cccnc5c4O)c4cc(-c5ccc(-c6nc7ccccc7n6-c6ccccc6)cc5)ccc34)nc12. The molecule has 0 unspecified atom stereocenters. The Balaban J connectivity index is 1.14. The van der Waals surface area contributed by atoms with Gasteiger partial charge in [0, 0.05) is 44.9 Å². The molecule has 0 spiro atoms. The predicted molar refractivity (Wildman–Crippen MR) is 232 cm³/mol. The van der Waals surface area contributed by atoms with Crippen LogP contribution in [0.1, 0.15) is 0 Å². The van der Waals surface area contributed by atoms with E-state index in [2.05, 4.69) is 88.4 Å². The van der Waals surface area contributed by atoms with Gasteiger partial charge in [0.15, 0.2) is 0 Å². The van der Waals surface area contributed by atoms with E-state index in [9.17, 15) is 10.2 Å². The largest absolute Gasteiger partial charge is 0.506 e. The monoisotopic (exact) mass is 732 g/mol. The fraction of sp³-hybridized carbons (Fsp3) is 0. The van der Waals surface area contributed by atoms with Gasteiger partial charge < -0.3 is 10.2 Å². The summed E-state index contributed by atoms with van der Waals surface area (Å²) in [6.07, 6.45) is 1.71. The zero-order valence-electron chi connectivity index (χ0n) is 30.5. The molecular formula is C51H32N4O2. The second-order valence-corrected chi connectivity index (χ2v) is 14.3. The van der Waals surface area contributed by atoms with Crippen LogP contribution >= 0.6 is 0 Å². The lowest BCUT2D eigenvalue weighted by Crippen LogP contribution is -1.97. The van der Waals surface area contributed by atoms with Gasteiger partial charge in [0.05, 0.1) is 16.7 Å². The number of para-hydroxylation sites is 4. The molecule has 6 nitrogen and oxygen atoms in total. The number of hydrogen-bond donors (Lipinski definition) is 2. The van der Waals surface area contributed by atoms with Crippen molar-refractivity contribution in [1.29, 1.82) is 0 Å². The fourth-order valence-electron chi connectivity index (χ4n) is 8.40. The van der Waals surface area contributed by atoms with E-state index in [0.717, 1.165) is 88.4 Å². The normalized spacial score (nSPS) is 11.6. The van der Waals surface area contributed by atoms with Crippen LogP contribution in [-0.2, 0) is 0 Å². The summed E-state index contributed by atoms with van der Waals surface area (Å²) in [4.78, 5) is 14.7. The van der Waals surface area contributed by atoms with Crippen LogP contribution < -0.4 is 0 Å². The Labute approximate surface area is 327 Å². The lowest BCUT2D eigenvalue weighted by molar-refractivity contribution is 0.480. The van der Waals surface area contributed by atoms with E-state index in [4.69, 9.17) is 9.97 Å². The predicted octanol–water partition coefficient (Wildman–Crippen LogP) is 12.5. The number of hydrogen-bond acceptors (Lipinski definition) is 5. The van der Waals surface area contributed by atoms with E-state index in [1.165, 1.54) is 0 Å². The second kappa shape index (κ2) is 12.9. The topological polar surface area (TPSA) is 84.1 Å². The molecule has 0 saturated heterocycles. The highest BCUT2D eigenvalue weighted by atomic mass is 16.3. The molecular weight excluding hydrogens is 701 g/mol. The molecule has 268 valence electrons. The van der Waals surface area contributed by atoms with Crippen molar-refractivity contribution in [2.75, 3.05) is 0 Å². The van der Waals surface area contributed by atoms with Crippen LogP contribution in [0.25, 0.3) is 105 Å². The highest BCUT2D eigenvalue weighted by molar-refractivity contribution is 6.23. The molecule has 0 aliphatic heterocycles. The van der Waals surface area contributed by atoms with Gasteiger partial charge in [0.2, 0.25) is 0 Å². The average molecular weight is 733 g/mol. The summed E-state index contributed by atoms with van der Waals surface area (Å²) < 4.78 is 2.21. The first-order valence-electron chi connectivity index (χ1n) is 18.9. The zero-order valence-corrected chi connectivity index (χ0v) is 30.5.